The first-order chi connectivity index (χ1) is 8.66. The molecular formula is C15H19NOS. The van der Waals surface area contributed by atoms with Gasteiger partial charge in [-0.2, -0.15) is 11.8 Å². The van der Waals surface area contributed by atoms with Crippen LogP contribution in [0.4, 0.5) is 0 Å². The standard InChI is InChI=1S/C15H19NOS/c1-11(2)18-10-13(17)9-12-7-8-16-15-6-4-3-5-14(12)15/h3-8,11,13,17H,9-10H2,1-2H3. The summed E-state index contributed by atoms with van der Waals surface area (Å²) in [5, 5.41) is 11.8. The van der Waals surface area contributed by atoms with Gasteiger partial charge in [0.25, 0.3) is 0 Å². The lowest BCUT2D eigenvalue weighted by molar-refractivity contribution is 0.200. The molecule has 1 aromatic heterocycles. The average molecular weight is 261 g/mol. The van der Waals surface area contributed by atoms with Gasteiger partial charge >= 0.3 is 0 Å². The largest absolute Gasteiger partial charge is 0.392 e. The highest BCUT2D eigenvalue weighted by molar-refractivity contribution is 7.99. The van der Waals surface area contributed by atoms with E-state index in [1.807, 2.05) is 30.5 Å². The summed E-state index contributed by atoms with van der Waals surface area (Å²) in [6.45, 7) is 4.30. The lowest BCUT2D eigenvalue weighted by atomic mass is 10.0. The third-order valence-electron chi connectivity index (χ3n) is 2.82. The molecule has 1 aromatic carbocycles. The molecule has 0 radical (unpaired) electrons. The van der Waals surface area contributed by atoms with Crippen molar-refractivity contribution in [1.29, 1.82) is 0 Å². The number of pyridine rings is 1. The van der Waals surface area contributed by atoms with Crippen LogP contribution in [0, 0.1) is 0 Å². The number of aliphatic hydroxyl groups excluding tert-OH is 1. The van der Waals surface area contributed by atoms with E-state index in [0.717, 1.165) is 16.7 Å². The van der Waals surface area contributed by atoms with Crippen LogP contribution in [-0.4, -0.2) is 27.2 Å². The zero-order chi connectivity index (χ0) is 13.0. The van der Waals surface area contributed by atoms with Crippen molar-refractivity contribution in [1.82, 2.24) is 4.98 Å². The molecule has 1 unspecified atom stereocenters. The fourth-order valence-corrected chi connectivity index (χ4v) is 2.67. The first kappa shape index (κ1) is 13.4. The van der Waals surface area contributed by atoms with Gasteiger partial charge in [-0.25, -0.2) is 0 Å². The van der Waals surface area contributed by atoms with Crippen LogP contribution in [0.1, 0.15) is 19.4 Å². The van der Waals surface area contributed by atoms with Gasteiger partial charge in [-0.3, -0.25) is 4.98 Å². The Morgan fingerprint density at radius 1 is 1.22 bits per heavy atom. The van der Waals surface area contributed by atoms with Gasteiger partial charge in [-0.15, -0.1) is 0 Å². The average Bonchev–Trinajstić information content (AvgIpc) is 2.37. The van der Waals surface area contributed by atoms with Crippen molar-refractivity contribution >= 4 is 22.7 Å². The number of hydrogen-bond donors (Lipinski definition) is 1. The molecule has 0 spiro atoms. The summed E-state index contributed by atoms with van der Waals surface area (Å²) in [4.78, 5) is 4.34. The smallest absolute Gasteiger partial charge is 0.0704 e. The summed E-state index contributed by atoms with van der Waals surface area (Å²) in [6, 6.07) is 10.1. The number of benzene rings is 1. The molecule has 3 heteroatoms. The molecule has 18 heavy (non-hydrogen) atoms. The summed E-state index contributed by atoms with van der Waals surface area (Å²) in [7, 11) is 0. The fraction of sp³-hybridized carbons (Fsp3) is 0.400. The van der Waals surface area contributed by atoms with Crippen LogP contribution >= 0.6 is 11.8 Å². The highest BCUT2D eigenvalue weighted by Crippen LogP contribution is 2.19. The summed E-state index contributed by atoms with van der Waals surface area (Å²) >= 11 is 1.80. The highest BCUT2D eigenvalue weighted by atomic mass is 32.2. The molecular weight excluding hydrogens is 242 g/mol. The van der Waals surface area contributed by atoms with E-state index in [-0.39, 0.29) is 6.10 Å². The van der Waals surface area contributed by atoms with E-state index >= 15 is 0 Å². The topological polar surface area (TPSA) is 33.1 Å². The highest BCUT2D eigenvalue weighted by Gasteiger charge is 2.09. The molecule has 1 atom stereocenters. The third-order valence-corrected chi connectivity index (χ3v) is 4.06. The second kappa shape index (κ2) is 6.21. The third kappa shape index (κ3) is 3.47. The lowest BCUT2D eigenvalue weighted by Gasteiger charge is -2.13. The predicted octanol–water partition coefficient (Wildman–Crippen LogP) is 3.28. The van der Waals surface area contributed by atoms with Gasteiger partial charge in [-0.05, 0) is 29.4 Å². The molecule has 0 saturated carbocycles. The lowest BCUT2D eigenvalue weighted by Crippen LogP contribution is -2.15. The number of hydrogen-bond acceptors (Lipinski definition) is 3. The van der Waals surface area contributed by atoms with Crippen LogP contribution in [0.3, 0.4) is 0 Å². The van der Waals surface area contributed by atoms with Gasteiger partial charge in [-0.1, -0.05) is 32.0 Å². The Morgan fingerprint density at radius 2 is 2.00 bits per heavy atom. The van der Waals surface area contributed by atoms with Crippen molar-refractivity contribution in [2.75, 3.05) is 5.75 Å². The van der Waals surface area contributed by atoms with E-state index in [9.17, 15) is 5.11 Å². The number of fused-ring (bicyclic) bond motifs is 1. The molecule has 2 rings (SSSR count). The first-order valence-electron chi connectivity index (χ1n) is 6.29. The monoisotopic (exact) mass is 261 g/mol. The number of aliphatic hydroxyl groups is 1. The van der Waals surface area contributed by atoms with Gasteiger partial charge in [0.1, 0.15) is 0 Å². The van der Waals surface area contributed by atoms with Crippen molar-refractivity contribution in [2.24, 2.45) is 0 Å². The van der Waals surface area contributed by atoms with Gasteiger partial charge in [0.2, 0.25) is 0 Å². The van der Waals surface area contributed by atoms with Crippen LogP contribution in [0.25, 0.3) is 10.9 Å². The van der Waals surface area contributed by atoms with E-state index in [0.29, 0.717) is 11.7 Å². The SMILES string of the molecule is CC(C)SCC(O)Cc1ccnc2ccccc12. The number of rotatable bonds is 5. The van der Waals surface area contributed by atoms with Gasteiger partial charge in [0.05, 0.1) is 11.6 Å². The van der Waals surface area contributed by atoms with E-state index in [2.05, 4.69) is 24.9 Å². The van der Waals surface area contributed by atoms with Crippen LogP contribution in [-0.2, 0) is 6.42 Å². The van der Waals surface area contributed by atoms with Gasteiger partial charge in [0.15, 0.2) is 0 Å². The van der Waals surface area contributed by atoms with E-state index in [1.54, 1.807) is 11.8 Å². The zero-order valence-corrected chi connectivity index (χ0v) is 11.7. The number of para-hydroxylation sites is 1. The number of thioether (sulfide) groups is 1. The van der Waals surface area contributed by atoms with Gasteiger partial charge < -0.3 is 5.11 Å². The first-order valence-corrected chi connectivity index (χ1v) is 7.34. The summed E-state index contributed by atoms with van der Waals surface area (Å²) < 4.78 is 0. The molecule has 2 nitrogen and oxygen atoms in total. The Hall–Kier alpha value is -1.06. The number of aromatic nitrogens is 1. The Morgan fingerprint density at radius 3 is 2.78 bits per heavy atom. The van der Waals surface area contributed by atoms with Crippen molar-refractivity contribution < 1.29 is 5.11 Å². The molecule has 0 bridgehead atoms. The molecule has 96 valence electrons. The van der Waals surface area contributed by atoms with E-state index < -0.39 is 0 Å². The Bertz CT molecular complexity index is 507. The van der Waals surface area contributed by atoms with Crippen molar-refractivity contribution in [2.45, 2.75) is 31.6 Å². The zero-order valence-electron chi connectivity index (χ0n) is 10.8. The maximum Gasteiger partial charge on any atom is 0.0704 e. The van der Waals surface area contributed by atoms with Crippen LogP contribution in [0.15, 0.2) is 36.5 Å². The minimum atomic E-state index is -0.289. The Kier molecular flexibility index (Phi) is 4.61. The normalized spacial score (nSPS) is 13.1. The van der Waals surface area contributed by atoms with Crippen LogP contribution in [0.2, 0.25) is 0 Å². The summed E-state index contributed by atoms with van der Waals surface area (Å²) in [6.07, 6.45) is 2.23. The maximum absolute atomic E-state index is 10.1. The molecule has 0 aliphatic rings. The second-order valence-corrected chi connectivity index (χ2v) is 6.34. The minimum absolute atomic E-state index is 0.289. The maximum atomic E-state index is 10.1. The molecule has 0 saturated heterocycles. The molecule has 0 fully saturated rings. The van der Waals surface area contributed by atoms with Crippen molar-refractivity contribution in [3.8, 4) is 0 Å². The molecule has 2 aromatic rings. The Labute approximate surface area is 112 Å². The van der Waals surface area contributed by atoms with E-state index in [4.69, 9.17) is 0 Å². The second-order valence-electron chi connectivity index (χ2n) is 4.73. The van der Waals surface area contributed by atoms with Crippen molar-refractivity contribution in [3.63, 3.8) is 0 Å². The minimum Gasteiger partial charge on any atom is -0.392 e. The van der Waals surface area contributed by atoms with E-state index in [1.165, 1.54) is 5.56 Å². The molecule has 0 aliphatic carbocycles. The van der Waals surface area contributed by atoms with Crippen LogP contribution < -0.4 is 0 Å². The summed E-state index contributed by atoms with van der Waals surface area (Å²) in [5.74, 6) is 0.786. The van der Waals surface area contributed by atoms with Gasteiger partial charge in [0, 0.05) is 17.3 Å². The van der Waals surface area contributed by atoms with Crippen molar-refractivity contribution in [3.05, 3.63) is 42.1 Å². The summed E-state index contributed by atoms with van der Waals surface area (Å²) in [5.41, 5.74) is 2.18. The molecule has 1 N–H and O–H groups in total. The quantitative estimate of drug-likeness (QED) is 0.896. The molecule has 1 heterocycles. The Balaban J connectivity index is 2.11. The predicted molar refractivity (Wildman–Crippen MR) is 79.0 cm³/mol. The fourth-order valence-electron chi connectivity index (χ4n) is 1.95. The van der Waals surface area contributed by atoms with Crippen LogP contribution in [0.5, 0.6) is 0 Å². The number of nitrogens with zero attached hydrogens (tertiary/aromatic N) is 1. The molecule has 0 aliphatic heterocycles. The molecule has 0 amide bonds.